The molecule has 1 unspecified atom stereocenters. The van der Waals surface area contributed by atoms with Crippen molar-refractivity contribution in [1.82, 2.24) is 5.32 Å². The zero-order valence-corrected chi connectivity index (χ0v) is 11.7. The molecule has 0 saturated carbocycles. The fourth-order valence-electron chi connectivity index (χ4n) is 2.24. The predicted octanol–water partition coefficient (Wildman–Crippen LogP) is 3.52. The summed E-state index contributed by atoms with van der Waals surface area (Å²) in [6, 6.07) is 17.5. The van der Waals surface area contributed by atoms with Gasteiger partial charge >= 0.3 is 0 Å². The van der Waals surface area contributed by atoms with E-state index < -0.39 is 0 Å². The Morgan fingerprint density at radius 1 is 0.952 bits per heavy atom. The van der Waals surface area contributed by atoms with Crippen molar-refractivity contribution >= 4 is 0 Å². The van der Waals surface area contributed by atoms with Crippen molar-refractivity contribution < 1.29 is 4.74 Å². The molecule has 3 rings (SSSR count). The van der Waals surface area contributed by atoms with Crippen LogP contribution in [-0.2, 0) is 0 Å². The molecule has 1 atom stereocenters. The van der Waals surface area contributed by atoms with Crippen molar-refractivity contribution in [2.45, 2.75) is 6.04 Å². The lowest BCUT2D eigenvalue weighted by atomic mass is 9.99. The molecule has 0 amide bonds. The smallest absolute Gasteiger partial charge is 0.127 e. The highest BCUT2D eigenvalue weighted by molar-refractivity contribution is 5.39. The molecule has 2 aromatic rings. The van der Waals surface area contributed by atoms with Crippen molar-refractivity contribution in [3.05, 3.63) is 84.1 Å². The molecular formula is C18H18N2O. The summed E-state index contributed by atoms with van der Waals surface area (Å²) < 4.78 is 5.78. The second-order valence-corrected chi connectivity index (χ2v) is 4.92. The van der Waals surface area contributed by atoms with Gasteiger partial charge < -0.3 is 15.8 Å². The molecule has 0 bridgehead atoms. The van der Waals surface area contributed by atoms with Crippen molar-refractivity contribution in [1.29, 1.82) is 0 Å². The standard InChI is InChI=1S/C18H18N2O/c19-18(15-5-4-12-20-13-15)14-8-10-17(11-9-14)21-16-6-2-1-3-7-16/h1-11,13,18,20H,12,19H2. The van der Waals surface area contributed by atoms with Crippen LogP contribution in [0.2, 0.25) is 0 Å². The Kier molecular flexibility index (Phi) is 4.03. The van der Waals surface area contributed by atoms with Crippen LogP contribution >= 0.6 is 0 Å². The van der Waals surface area contributed by atoms with Crippen LogP contribution in [0.4, 0.5) is 0 Å². The molecule has 1 heterocycles. The third-order valence-corrected chi connectivity index (χ3v) is 3.39. The highest BCUT2D eigenvalue weighted by Gasteiger charge is 2.11. The van der Waals surface area contributed by atoms with Crippen LogP contribution in [0.15, 0.2) is 78.5 Å². The maximum Gasteiger partial charge on any atom is 0.127 e. The second kappa shape index (κ2) is 6.29. The summed E-state index contributed by atoms with van der Waals surface area (Å²) in [7, 11) is 0. The minimum Gasteiger partial charge on any atom is -0.457 e. The van der Waals surface area contributed by atoms with Gasteiger partial charge in [0, 0.05) is 12.7 Å². The average molecular weight is 278 g/mol. The van der Waals surface area contributed by atoms with E-state index in [4.69, 9.17) is 10.5 Å². The van der Waals surface area contributed by atoms with Gasteiger partial charge in [-0.2, -0.15) is 0 Å². The van der Waals surface area contributed by atoms with Gasteiger partial charge in [0.15, 0.2) is 0 Å². The Morgan fingerprint density at radius 3 is 2.33 bits per heavy atom. The van der Waals surface area contributed by atoms with E-state index in [9.17, 15) is 0 Å². The van der Waals surface area contributed by atoms with Gasteiger partial charge in [-0.05, 0) is 35.4 Å². The maximum absolute atomic E-state index is 6.27. The van der Waals surface area contributed by atoms with Gasteiger partial charge in [-0.15, -0.1) is 0 Å². The minimum atomic E-state index is -0.125. The topological polar surface area (TPSA) is 47.3 Å². The number of para-hydroxylation sites is 1. The highest BCUT2D eigenvalue weighted by Crippen LogP contribution is 2.25. The summed E-state index contributed by atoms with van der Waals surface area (Å²) in [5, 5.41) is 3.18. The van der Waals surface area contributed by atoms with Gasteiger partial charge in [-0.3, -0.25) is 0 Å². The van der Waals surface area contributed by atoms with Crippen molar-refractivity contribution in [3.63, 3.8) is 0 Å². The summed E-state index contributed by atoms with van der Waals surface area (Å²) in [4.78, 5) is 0. The maximum atomic E-state index is 6.27. The molecule has 1 aliphatic heterocycles. The van der Waals surface area contributed by atoms with Crippen LogP contribution in [0.1, 0.15) is 11.6 Å². The zero-order valence-electron chi connectivity index (χ0n) is 11.7. The van der Waals surface area contributed by atoms with Crippen LogP contribution in [0.3, 0.4) is 0 Å². The van der Waals surface area contributed by atoms with Crippen LogP contribution in [0.25, 0.3) is 0 Å². The van der Waals surface area contributed by atoms with E-state index >= 15 is 0 Å². The molecule has 3 N–H and O–H groups in total. The largest absolute Gasteiger partial charge is 0.457 e. The van der Waals surface area contributed by atoms with Gasteiger partial charge in [-0.1, -0.05) is 42.5 Å². The number of hydrogen-bond donors (Lipinski definition) is 2. The van der Waals surface area contributed by atoms with Crippen LogP contribution in [0.5, 0.6) is 11.5 Å². The minimum absolute atomic E-state index is 0.125. The number of dihydropyridines is 1. The lowest BCUT2D eigenvalue weighted by Gasteiger charge is -2.17. The second-order valence-electron chi connectivity index (χ2n) is 4.92. The van der Waals surface area contributed by atoms with Crippen molar-refractivity contribution in [2.24, 2.45) is 5.73 Å². The van der Waals surface area contributed by atoms with Gasteiger partial charge in [0.1, 0.15) is 11.5 Å². The summed E-state index contributed by atoms with van der Waals surface area (Å²) in [6.45, 7) is 0.861. The van der Waals surface area contributed by atoms with E-state index in [0.717, 1.165) is 29.2 Å². The zero-order chi connectivity index (χ0) is 14.5. The van der Waals surface area contributed by atoms with E-state index in [0.29, 0.717) is 0 Å². The molecule has 2 aromatic carbocycles. The lowest BCUT2D eigenvalue weighted by Crippen LogP contribution is -2.18. The molecule has 3 nitrogen and oxygen atoms in total. The van der Waals surface area contributed by atoms with E-state index in [-0.39, 0.29) is 6.04 Å². The third kappa shape index (κ3) is 3.33. The van der Waals surface area contributed by atoms with Gasteiger partial charge in [-0.25, -0.2) is 0 Å². The molecule has 21 heavy (non-hydrogen) atoms. The molecule has 3 heteroatoms. The SMILES string of the molecule is NC(C1=CNCC=C1)c1ccc(Oc2ccccc2)cc1. The van der Waals surface area contributed by atoms with E-state index in [1.54, 1.807) is 0 Å². The summed E-state index contributed by atoms with van der Waals surface area (Å²) >= 11 is 0. The molecule has 106 valence electrons. The van der Waals surface area contributed by atoms with Gasteiger partial charge in [0.05, 0.1) is 6.04 Å². The van der Waals surface area contributed by atoms with Crippen molar-refractivity contribution in [2.75, 3.05) is 6.54 Å². The Morgan fingerprint density at radius 2 is 1.67 bits per heavy atom. The molecule has 0 radical (unpaired) electrons. The summed E-state index contributed by atoms with van der Waals surface area (Å²) in [6.07, 6.45) is 6.11. The molecule has 0 aromatic heterocycles. The first-order valence-electron chi connectivity index (χ1n) is 7.01. The Hall–Kier alpha value is -2.52. The molecular weight excluding hydrogens is 260 g/mol. The van der Waals surface area contributed by atoms with E-state index in [1.807, 2.05) is 60.8 Å². The molecule has 0 fully saturated rings. The van der Waals surface area contributed by atoms with Crippen LogP contribution < -0.4 is 15.8 Å². The first kappa shape index (κ1) is 13.5. The molecule has 0 spiro atoms. The van der Waals surface area contributed by atoms with E-state index in [1.165, 1.54) is 0 Å². The third-order valence-electron chi connectivity index (χ3n) is 3.39. The van der Waals surface area contributed by atoms with Crippen LogP contribution in [-0.4, -0.2) is 6.54 Å². The quantitative estimate of drug-likeness (QED) is 0.899. The Bertz CT molecular complexity index is 645. The normalized spacial score (nSPS) is 15.0. The first-order chi connectivity index (χ1) is 10.3. The predicted molar refractivity (Wildman–Crippen MR) is 85.1 cm³/mol. The Labute approximate surface area is 124 Å². The number of benzene rings is 2. The summed E-state index contributed by atoms with van der Waals surface area (Å²) in [5.74, 6) is 1.64. The number of ether oxygens (including phenoxy) is 1. The molecule has 0 aliphatic carbocycles. The lowest BCUT2D eigenvalue weighted by molar-refractivity contribution is 0.482. The number of hydrogen-bond acceptors (Lipinski definition) is 3. The number of nitrogens with one attached hydrogen (secondary N) is 1. The average Bonchev–Trinajstić information content (AvgIpc) is 2.57. The monoisotopic (exact) mass is 278 g/mol. The summed E-state index contributed by atoms with van der Waals surface area (Å²) in [5.41, 5.74) is 8.42. The van der Waals surface area contributed by atoms with Crippen LogP contribution in [0, 0.1) is 0 Å². The van der Waals surface area contributed by atoms with Gasteiger partial charge in [0.2, 0.25) is 0 Å². The number of rotatable bonds is 4. The van der Waals surface area contributed by atoms with E-state index in [2.05, 4.69) is 17.5 Å². The highest BCUT2D eigenvalue weighted by atomic mass is 16.5. The van der Waals surface area contributed by atoms with Crippen molar-refractivity contribution in [3.8, 4) is 11.5 Å². The first-order valence-corrected chi connectivity index (χ1v) is 7.01. The fraction of sp³-hybridized carbons (Fsp3) is 0.111. The van der Waals surface area contributed by atoms with Gasteiger partial charge in [0.25, 0.3) is 0 Å². The Balaban J connectivity index is 1.72. The molecule has 1 aliphatic rings. The number of nitrogens with two attached hydrogens (primary N) is 1. The fourth-order valence-corrected chi connectivity index (χ4v) is 2.24. The molecule has 0 saturated heterocycles.